The van der Waals surface area contributed by atoms with Crippen LogP contribution in [-0.4, -0.2) is 15.0 Å². The van der Waals surface area contributed by atoms with Crippen LogP contribution < -0.4 is 9.88 Å². The molecule has 0 spiro atoms. The number of primary sulfonamides is 1. The maximum Gasteiger partial charge on any atom is 0.238 e. The Labute approximate surface area is 110 Å². The van der Waals surface area contributed by atoms with Gasteiger partial charge in [-0.15, -0.1) is 0 Å². The number of ether oxygens (including phenoxy) is 1. The molecule has 94 valence electrons. The van der Waals surface area contributed by atoms with Crippen LogP contribution >= 0.6 is 23.2 Å². The molecule has 1 rings (SSSR count). The van der Waals surface area contributed by atoms with E-state index in [0.29, 0.717) is 5.75 Å². The number of hydrogen-bond acceptors (Lipinski definition) is 3. The zero-order valence-electron chi connectivity index (χ0n) is 8.98. The van der Waals surface area contributed by atoms with E-state index in [4.69, 9.17) is 33.1 Å². The van der Waals surface area contributed by atoms with Crippen molar-refractivity contribution in [2.45, 2.75) is 11.8 Å². The fourth-order valence-corrected chi connectivity index (χ4v) is 1.90. The van der Waals surface area contributed by atoms with E-state index >= 15 is 0 Å². The smallest absolute Gasteiger partial charge is 0.238 e. The molecule has 1 aromatic carbocycles. The summed E-state index contributed by atoms with van der Waals surface area (Å²) < 4.78 is 27.5. The second-order valence-electron chi connectivity index (χ2n) is 3.38. The van der Waals surface area contributed by atoms with E-state index in [1.54, 1.807) is 6.92 Å². The molecule has 1 aromatic rings. The predicted molar refractivity (Wildman–Crippen MR) is 67.9 cm³/mol. The highest BCUT2D eigenvalue weighted by Crippen LogP contribution is 2.27. The van der Waals surface area contributed by atoms with Crippen LogP contribution in [0.2, 0.25) is 5.02 Å². The van der Waals surface area contributed by atoms with Crippen molar-refractivity contribution >= 4 is 33.2 Å². The van der Waals surface area contributed by atoms with Crippen molar-refractivity contribution in [3.8, 4) is 5.75 Å². The van der Waals surface area contributed by atoms with Crippen LogP contribution in [0.4, 0.5) is 0 Å². The van der Waals surface area contributed by atoms with Crippen LogP contribution in [0.25, 0.3) is 0 Å². The molecule has 0 atom stereocenters. The van der Waals surface area contributed by atoms with Crippen molar-refractivity contribution in [3.63, 3.8) is 0 Å². The molecular formula is C10H11Cl2NO3S. The van der Waals surface area contributed by atoms with Crippen molar-refractivity contribution < 1.29 is 13.2 Å². The second-order valence-corrected chi connectivity index (χ2v) is 5.57. The van der Waals surface area contributed by atoms with Gasteiger partial charge in [0.25, 0.3) is 0 Å². The van der Waals surface area contributed by atoms with E-state index < -0.39 is 10.0 Å². The molecule has 2 N–H and O–H groups in total. The van der Waals surface area contributed by atoms with Gasteiger partial charge in [-0.05, 0) is 30.7 Å². The third kappa shape index (κ3) is 4.20. The van der Waals surface area contributed by atoms with Gasteiger partial charge in [-0.25, -0.2) is 13.6 Å². The summed E-state index contributed by atoms with van der Waals surface area (Å²) in [6.45, 7) is 2.07. The summed E-state index contributed by atoms with van der Waals surface area (Å²) in [5.41, 5.74) is 2.21. The van der Waals surface area contributed by atoms with E-state index in [2.05, 4.69) is 0 Å². The Hall–Kier alpha value is -0.750. The van der Waals surface area contributed by atoms with Gasteiger partial charge in [-0.3, -0.25) is 0 Å². The number of nitrogens with two attached hydrogens (primary N) is 1. The first-order chi connectivity index (χ1) is 7.84. The summed E-state index contributed by atoms with van der Waals surface area (Å²) in [6, 6.07) is 4.02. The minimum absolute atomic E-state index is 0.0561. The van der Waals surface area contributed by atoms with Crippen molar-refractivity contribution in [2.75, 3.05) is 6.61 Å². The molecule has 0 fully saturated rings. The normalized spacial score (nSPS) is 12.6. The molecular weight excluding hydrogens is 285 g/mol. The first-order valence-electron chi connectivity index (χ1n) is 4.55. The summed E-state index contributed by atoms with van der Waals surface area (Å²) in [7, 11) is -3.75. The SMILES string of the molecule is C/C(=C/Cl)COc1ccc(S(N)(=O)=O)cc1Cl. The van der Waals surface area contributed by atoms with Gasteiger partial charge in [-0.2, -0.15) is 0 Å². The number of sulfonamides is 1. The quantitative estimate of drug-likeness (QED) is 0.928. The molecule has 0 amide bonds. The highest BCUT2D eigenvalue weighted by Gasteiger charge is 2.11. The highest BCUT2D eigenvalue weighted by atomic mass is 35.5. The Bertz CT molecular complexity index is 540. The summed E-state index contributed by atoms with van der Waals surface area (Å²) in [5.74, 6) is 0.372. The first kappa shape index (κ1) is 14.3. The van der Waals surface area contributed by atoms with Gasteiger partial charge in [-0.1, -0.05) is 23.2 Å². The van der Waals surface area contributed by atoms with E-state index in [9.17, 15) is 8.42 Å². The van der Waals surface area contributed by atoms with Crippen LogP contribution in [0.5, 0.6) is 5.75 Å². The Morgan fingerprint density at radius 3 is 2.65 bits per heavy atom. The molecule has 4 nitrogen and oxygen atoms in total. The lowest BCUT2D eigenvalue weighted by Crippen LogP contribution is -2.12. The number of rotatable bonds is 4. The van der Waals surface area contributed by atoms with Gasteiger partial charge in [0.1, 0.15) is 12.4 Å². The van der Waals surface area contributed by atoms with Crippen LogP contribution in [0, 0.1) is 0 Å². The number of hydrogen-bond donors (Lipinski definition) is 1. The monoisotopic (exact) mass is 295 g/mol. The van der Waals surface area contributed by atoms with Crippen LogP contribution in [0.1, 0.15) is 6.92 Å². The van der Waals surface area contributed by atoms with E-state index in [0.717, 1.165) is 5.57 Å². The summed E-state index contributed by atoms with van der Waals surface area (Å²) >= 11 is 11.3. The molecule has 0 aromatic heterocycles. The largest absolute Gasteiger partial charge is 0.488 e. The number of benzene rings is 1. The zero-order valence-corrected chi connectivity index (χ0v) is 11.3. The predicted octanol–water partition coefficient (Wildman–Crippen LogP) is 2.51. The minimum Gasteiger partial charge on any atom is -0.488 e. The highest BCUT2D eigenvalue weighted by molar-refractivity contribution is 7.89. The third-order valence-corrected chi connectivity index (χ3v) is 3.45. The summed E-state index contributed by atoms with van der Waals surface area (Å²) in [6.07, 6.45) is 0. The molecule has 17 heavy (non-hydrogen) atoms. The van der Waals surface area contributed by atoms with E-state index in [1.165, 1.54) is 23.7 Å². The molecule has 0 aliphatic rings. The Balaban J connectivity index is 2.91. The van der Waals surface area contributed by atoms with Crippen molar-refractivity contribution in [1.29, 1.82) is 0 Å². The van der Waals surface area contributed by atoms with Crippen molar-refractivity contribution in [1.82, 2.24) is 0 Å². The van der Waals surface area contributed by atoms with Crippen molar-refractivity contribution in [3.05, 3.63) is 34.3 Å². The van der Waals surface area contributed by atoms with Crippen molar-refractivity contribution in [2.24, 2.45) is 5.14 Å². The Morgan fingerprint density at radius 1 is 1.53 bits per heavy atom. The van der Waals surface area contributed by atoms with Crippen LogP contribution in [0.15, 0.2) is 34.2 Å². The first-order valence-corrected chi connectivity index (χ1v) is 6.91. The van der Waals surface area contributed by atoms with Gasteiger partial charge < -0.3 is 4.74 Å². The lowest BCUT2D eigenvalue weighted by atomic mass is 10.3. The fraction of sp³-hybridized carbons (Fsp3) is 0.200. The molecule has 0 saturated heterocycles. The standard InChI is InChI=1S/C10H11Cl2NO3S/c1-7(5-11)6-16-10-3-2-8(4-9(10)12)17(13,14)15/h2-5H,6H2,1H3,(H2,13,14,15)/b7-5-. The molecule has 7 heteroatoms. The molecule has 0 saturated carbocycles. The van der Waals surface area contributed by atoms with Gasteiger partial charge in [0.15, 0.2) is 0 Å². The summed E-state index contributed by atoms with van der Waals surface area (Å²) in [4.78, 5) is -0.0561. The van der Waals surface area contributed by atoms with Gasteiger partial charge in [0.05, 0.1) is 9.92 Å². The average Bonchev–Trinajstić information content (AvgIpc) is 2.25. The lowest BCUT2D eigenvalue weighted by molar-refractivity contribution is 0.352. The molecule has 0 bridgehead atoms. The van der Waals surface area contributed by atoms with E-state index in [-0.39, 0.29) is 16.5 Å². The van der Waals surface area contributed by atoms with E-state index in [1.807, 2.05) is 0 Å². The van der Waals surface area contributed by atoms with Crippen LogP contribution in [-0.2, 0) is 10.0 Å². The maximum atomic E-state index is 11.1. The fourth-order valence-electron chi connectivity index (χ4n) is 0.999. The minimum atomic E-state index is -3.75. The Kier molecular flexibility index (Phi) is 4.82. The summed E-state index contributed by atoms with van der Waals surface area (Å²) in [5, 5.41) is 5.15. The zero-order chi connectivity index (χ0) is 13.1. The topological polar surface area (TPSA) is 69.4 Å². The van der Waals surface area contributed by atoms with Crippen LogP contribution in [0.3, 0.4) is 0 Å². The lowest BCUT2D eigenvalue weighted by Gasteiger charge is -2.08. The third-order valence-electron chi connectivity index (χ3n) is 1.87. The second kappa shape index (κ2) is 5.73. The van der Waals surface area contributed by atoms with Gasteiger partial charge >= 0.3 is 0 Å². The molecule has 0 unspecified atom stereocenters. The molecule has 0 radical (unpaired) electrons. The van der Waals surface area contributed by atoms with Gasteiger partial charge in [0.2, 0.25) is 10.0 Å². The Morgan fingerprint density at radius 2 is 2.18 bits per heavy atom. The average molecular weight is 296 g/mol. The number of halogens is 2. The molecule has 0 heterocycles. The molecule has 0 aliphatic carbocycles. The maximum absolute atomic E-state index is 11.1. The molecule has 0 aliphatic heterocycles. The van der Waals surface area contributed by atoms with Gasteiger partial charge in [0, 0.05) is 5.54 Å².